The van der Waals surface area contributed by atoms with Crippen LogP contribution in [0.3, 0.4) is 0 Å². The molecule has 1 N–H and O–H groups in total. The van der Waals surface area contributed by atoms with Crippen LogP contribution < -0.4 is 5.32 Å². The molecule has 1 heterocycles. The summed E-state index contributed by atoms with van der Waals surface area (Å²) in [5.41, 5.74) is 2.16. The molecule has 0 radical (unpaired) electrons. The van der Waals surface area contributed by atoms with Crippen LogP contribution in [0.25, 0.3) is 6.08 Å². The summed E-state index contributed by atoms with van der Waals surface area (Å²) < 4.78 is 0. The maximum Gasteiger partial charge on any atom is 0.250 e. The molecule has 5 heteroatoms. The summed E-state index contributed by atoms with van der Waals surface area (Å²) in [6, 6.07) is 7.91. The number of amides is 1. The van der Waals surface area contributed by atoms with Gasteiger partial charge in [-0.1, -0.05) is 49.4 Å². The van der Waals surface area contributed by atoms with Crippen molar-refractivity contribution in [2.24, 2.45) is 0 Å². The Morgan fingerprint density at radius 3 is 2.70 bits per heavy atom. The number of hydrogen-bond acceptors (Lipinski definition) is 4. The first-order valence-electron chi connectivity index (χ1n) is 6.44. The number of nitrogens with one attached hydrogen (secondary N) is 1. The predicted molar refractivity (Wildman–Crippen MR) is 82.8 cm³/mol. The molecule has 0 aliphatic rings. The molecule has 0 fully saturated rings. The zero-order chi connectivity index (χ0) is 14.5. The Kier molecular flexibility index (Phi) is 4.63. The van der Waals surface area contributed by atoms with E-state index < -0.39 is 0 Å². The Morgan fingerprint density at radius 2 is 2.05 bits per heavy atom. The molecular weight excluding hydrogens is 270 g/mol. The van der Waals surface area contributed by atoms with E-state index in [1.54, 1.807) is 6.08 Å². The van der Waals surface area contributed by atoms with E-state index in [1.807, 2.05) is 45.0 Å². The maximum atomic E-state index is 11.8. The van der Waals surface area contributed by atoms with Gasteiger partial charge in [-0.25, -0.2) is 0 Å². The zero-order valence-corrected chi connectivity index (χ0v) is 12.6. The molecule has 1 amide bonds. The van der Waals surface area contributed by atoms with Crippen LogP contribution in [-0.4, -0.2) is 16.1 Å². The molecule has 1 aromatic carbocycles. The van der Waals surface area contributed by atoms with E-state index in [1.165, 1.54) is 17.4 Å². The number of benzene rings is 1. The summed E-state index contributed by atoms with van der Waals surface area (Å²) in [5.74, 6) is 0.125. The molecule has 0 bridgehead atoms. The van der Waals surface area contributed by atoms with Gasteiger partial charge in [0.05, 0.1) is 0 Å². The number of nitrogens with zero attached hydrogens (tertiary/aromatic N) is 2. The molecule has 2 rings (SSSR count). The number of carbonyl (C=O) groups is 1. The molecule has 2 aromatic rings. The van der Waals surface area contributed by atoms with Gasteiger partial charge in [-0.15, -0.1) is 10.2 Å². The van der Waals surface area contributed by atoms with E-state index in [9.17, 15) is 4.79 Å². The van der Waals surface area contributed by atoms with E-state index >= 15 is 0 Å². The summed E-state index contributed by atoms with van der Waals surface area (Å²) in [4.78, 5) is 11.8. The summed E-state index contributed by atoms with van der Waals surface area (Å²) in [6.07, 6.45) is 3.31. The van der Waals surface area contributed by atoms with Crippen molar-refractivity contribution in [3.8, 4) is 0 Å². The first kappa shape index (κ1) is 14.4. The second kappa shape index (κ2) is 6.43. The molecule has 1 aromatic heterocycles. The van der Waals surface area contributed by atoms with Gasteiger partial charge in [0.15, 0.2) is 0 Å². The van der Waals surface area contributed by atoms with Crippen molar-refractivity contribution in [3.05, 3.63) is 46.5 Å². The van der Waals surface area contributed by atoms with Crippen molar-refractivity contribution in [3.63, 3.8) is 0 Å². The average molecular weight is 287 g/mol. The van der Waals surface area contributed by atoms with Crippen LogP contribution in [-0.2, 0) is 4.79 Å². The van der Waals surface area contributed by atoms with Crippen molar-refractivity contribution in [2.45, 2.75) is 26.7 Å². The van der Waals surface area contributed by atoms with Gasteiger partial charge in [0, 0.05) is 12.0 Å². The number of carbonyl (C=O) groups excluding carboxylic acids is 1. The average Bonchev–Trinajstić information content (AvgIpc) is 2.86. The van der Waals surface area contributed by atoms with Crippen LogP contribution in [0, 0.1) is 6.92 Å². The Labute approximate surface area is 122 Å². The van der Waals surface area contributed by atoms with Gasteiger partial charge in [0.25, 0.3) is 0 Å². The van der Waals surface area contributed by atoms with Crippen LogP contribution in [0.5, 0.6) is 0 Å². The predicted octanol–water partition coefficient (Wildman–Crippen LogP) is 3.62. The van der Waals surface area contributed by atoms with Crippen LogP contribution in [0.1, 0.15) is 35.9 Å². The summed E-state index contributed by atoms with van der Waals surface area (Å²) in [5, 5.41) is 12.2. The maximum absolute atomic E-state index is 11.8. The van der Waals surface area contributed by atoms with Crippen molar-refractivity contribution in [1.29, 1.82) is 0 Å². The van der Waals surface area contributed by atoms with Crippen LogP contribution in [0.2, 0.25) is 0 Å². The Bertz CT molecular complexity index is 632. The lowest BCUT2D eigenvalue weighted by Crippen LogP contribution is -2.07. The fourth-order valence-electron chi connectivity index (χ4n) is 1.60. The Hall–Kier alpha value is -2.01. The molecule has 20 heavy (non-hydrogen) atoms. The number of hydrogen-bond donors (Lipinski definition) is 1. The molecule has 0 aliphatic carbocycles. The van der Waals surface area contributed by atoms with Crippen molar-refractivity contribution in [1.82, 2.24) is 10.2 Å². The topological polar surface area (TPSA) is 54.9 Å². The third-order valence-electron chi connectivity index (χ3n) is 2.77. The lowest BCUT2D eigenvalue weighted by atomic mass is 10.1. The van der Waals surface area contributed by atoms with Gasteiger partial charge in [0.1, 0.15) is 5.01 Å². The first-order chi connectivity index (χ1) is 9.56. The molecule has 104 valence electrons. The second-order valence-corrected chi connectivity index (χ2v) is 5.79. The molecule has 0 unspecified atom stereocenters. The van der Waals surface area contributed by atoms with E-state index in [4.69, 9.17) is 0 Å². The summed E-state index contributed by atoms with van der Waals surface area (Å²) in [7, 11) is 0. The highest BCUT2D eigenvalue weighted by atomic mass is 32.1. The van der Waals surface area contributed by atoms with E-state index in [0.29, 0.717) is 11.0 Å². The van der Waals surface area contributed by atoms with Crippen LogP contribution in [0.15, 0.2) is 30.3 Å². The van der Waals surface area contributed by atoms with Crippen molar-refractivity contribution in [2.75, 3.05) is 5.32 Å². The van der Waals surface area contributed by atoms with Gasteiger partial charge in [0.2, 0.25) is 11.0 Å². The third-order valence-corrected chi connectivity index (χ3v) is 3.91. The third kappa shape index (κ3) is 3.74. The van der Waals surface area contributed by atoms with E-state index in [2.05, 4.69) is 15.5 Å². The van der Waals surface area contributed by atoms with E-state index in [0.717, 1.165) is 16.1 Å². The van der Waals surface area contributed by atoms with Gasteiger partial charge in [-0.05, 0) is 24.1 Å². The lowest BCUT2D eigenvalue weighted by molar-refractivity contribution is -0.111. The number of aromatic nitrogens is 2. The molecular formula is C15H17N3OS. The van der Waals surface area contributed by atoms with Gasteiger partial charge >= 0.3 is 0 Å². The SMILES string of the molecule is Cc1ccccc1/C=C/C(=O)Nc1nnc(C(C)C)s1. The summed E-state index contributed by atoms with van der Waals surface area (Å²) >= 11 is 1.41. The second-order valence-electron chi connectivity index (χ2n) is 4.78. The Morgan fingerprint density at radius 1 is 1.30 bits per heavy atom. The monoisotopic (exact) mass is 287 g/mol. The van der Waals surface area contributed by atoms with Crippen LogP contribution >= 0.6 is 11.3 Å². The molecule has 0 aliphatic heterocycles. The number of anilines is 1. The molecule has 0 saturated carbocycles. The minimum absolute atomic E-state index is 0.195. The van der Waals surface area contributed by atoms with Gasteiger partial charge in [-0.3, -0.25) is 10.1 Å². The lowest BCUT2D eigenvalue weighted by Gasteiger charge is -1.99. The highest BCUT2D eigenvalue weighted by Crippen LogP contribution is 2.22. The fraction of sp³-hybridized carbons (Fsp3) is 0.267. The van der Waals surface area contributed by atoms with E-state index in [-0.39, 0.29) is 5.91 Å². The Balaban J connectivity index is 2.00. The normalized spacial score (nSPS) is 11.2. The quantitative estimate of drug-likeness (QED) is 0.874. The van der Waals surface area contributed by atoms with Crippen LogP contribution in [0.4, 0.5) is 5.13 Å². The van der Waals surface area contributed by atoms with Gasteiger partial charge in [-0.2, -0.15) is 0 Å². The first-order valence-corrected chi connectivity index (χ1v) is 7.26. The highest BCUT2D eigenvalue weighted by Gasteiger charge is 2.08. The number of aryl methyl sites for hydroxylation is 1. The molecule has 0 saturated heterocycles. The largest absolute Gasteiger partial charge is 0.297 e. The standard InChI is InChI=1S/C15H17N3OS/c1-10(2)14-17-18-15(20-14)16-13(19)9-8-12-7-5-4-6-11(12)3/h4-10H,1-3H3,(H,16,18,19)/b9-8+. The minimum atomic E-state index is -0.195. The summed E-state index contributed by atoms with van der Waals surface area (Å²) in [6.45, 7) is 6.10. The number of rotatable bonds is 4. The molecule has 4 nitrogen and oxygen atoms in total. The zero-order valence-electron chi connectivity index (χ0n) is 11.8. The molecule has 0 spiro atoms. The fourth-order valence-corrected chi connectivity index (χ4v) is 2.35. The molecule has 0 atom stereocenters. The van der Waals surface area contributed by atoms with Gasteiger partial charge < -0.3 is 0 Å². The minimum Gasteiger partial charge on any atom is -0.297 e. The smallest absolute Gasteiger partial charge is 0.250 e. The van der Waals surface area contributed by atoms with Crippen molar-refractivity contribution < 1.29 is 4.79 Å². The van der Waals surface area contributed by atoms with Crippen molar-refractivity contribution >= 4 is 28.5 Å². The highest BCUT2D eigenvalue weighted by molar-refractivity contribution is 7.15.